The molecule has 2 heterocycles. The topological polar surface area (TPSA) is 71.0 Å². The fourth-order valence-corrected chi connectivity index (χ4v) is 4.08. The van der Waals surface area contributed by atoms with Gasteiger partial charge in [0.1, 0.15) is 0 Å². The number of hydrogen-bond donors (Lipinski definition) is 1. The van der Waals surface area contributed by atoms with E-state index in [1.54, 1.807) is 0 Å². The molecule has 1 N–H and O–H groups in total. The Hall–Kier alpha value is -1.99. The lowest BCUT2D eigenvalue weighted by molar-refractivity contribution is 0.112. The molecule has 0 aliphatic carbocycles. The SMILES string of the molecule is CN1CCC(CNc2nc(-c3ccc4ccccc4c3C=O)nc(C(Cl)(Cl)Cl)n2)CC1. The summed E-state index contributed by atoms with van der Waals surface area (Å²) in [4.78, 5) is 27.5. The van der Waals surface area contributed by atoms with E-state index in [0.717, 1.165) is 49.5 Å². The number of aromatic nitrogens is 3. The van der Waals surface area contributed by atoms with E-state index in [2.05, 4.69) is 32.2 Å². The summed E-state index contributed by atoms with van der Waals surface area (Å²) in [5.41, 5.74) is 1.05. The first-order valence-electron chi connectivity index (χ1n) is 10.1. The van der Waals surface area contributed by atoms with Gasteiger partial charge in [-0.25, -0.2) is 4.98 Å². The van der Waals surface area contributed by atoms with Crippen LogP contribution >= 0.6 is 34.8 Å². The van der Waals surface area contributed by atoms with Crippen LogP contribution in [0.4, 0.5) is 5.95 Å². The maximum Gasteiger partial charge on any atom is 0.250 e. The number of carbonyl (C=O) groups is 1. The summed E-state index contributed by atoms with van der Waals surface area (Å²) in [5, 5.41) is 5.04. The van der Waals surface area contributed by atoms with Crippen molar-refractivity contribution in [2.45, 2.75) is 16.6 Å². The summed E-state index contributed by atoms with van der Waals surface area (Å²) in [6, 6.07) is 11.4. The molecule has 31 heavy (non-hydrogen) atoms. The van der Waals surface area contributed by atoms with E-state index in [9.17, 15) is 4.79 Å². The zero-order valence-electron chi connectivity index (χ0n) is 17.0. The summed E-state index contributed by atoms with van der Waals surface area (Å²) < 4.78 is -1.82. The number of rotatable bonds is 5. The zero-order valence-corrected chi connectivity index (χ0v) is 19.3. The van der Waals surface area contributed by atoms with E-state index in [4.69, 9.17) is 34.8 Å². The molecule has 6 nitrogen and oxygen atoms in total. The van der Waals surface area contributed by atoms with Gasteiger partial charge in [0, 0.05) is 17.7 Å². The number of nitrogens with zero attached hydrogens (tertiary/aromatic N) is 4. The molecule has 1 aliphatic rings. The molecule has 3 aromatic rings. The van der Waals surface area contributed by atoms with Gasteiger partial charge in [-0.2, -0.15) is 9.97 Å². The van der Waals surface area contributed by atoms with Gasteiger partial charge in [-0.1, -0.05) is 65.1 Å². The minimum atomic E-state index is -1.82. The standard InChI is InChI=1S/C22H22Cl3N5O/c1-30-10-8-14(9-11-30)12-26-21-28-19(27-20(29-21)22(23,24)25)17-7-6-15-4-2-3-5-16(15)18(17)13-31/h2-7,13-14H,8-12H2,1H3,(H,26,27,28,29). The van der Waals surface area contributed by atoms with Gasteiger partial charge in [0.05, 0.1) is 0 Å². The summed E-state index contributed by atoms with van der Waals surface area (Å²) >= 11 is 18.3. The van der Waals surface area contributed by atoms with Crippen LogP contribution in [0.2, 0.25) is 0 Å². The number of alkyl halides is 3. The molecular weight excluding hydrogens is 457 g/mol. The number of hydrogen-bond acceptors (Lipinski definition) is 6. The Morgan fingerprint density at radius 1 is 1.10 bits per heavy atom. The average molecular weight is 479 g/mol. The molecular formula is C22H22Cl3N5O. The highest BCUT2D eigenvalue weighted by atomic mass is 35.6. The van der Waals surface area contributed by atoms with Crippen molar-refractivity contribution in [1.82, 2.24) is 19.9 Å². The van der Waals surface area contributed by atoms with Crippen LogP contribution in [0.1, 0.15) is 29.0 Å². The van der Waals surface area contributed by atoms with Crippen molar-refractivity contribution < 1.29 is 4.79 Å². The number of carbonyl (C=O) groups excluding carboxylic acids is 1. The minimum absolute atomic E-state index is 0.0124. The summed E-state index contributed by atoms with van der Waals surface area (Å²) in [7, 11) is 2.13. The van der Waals surface area contributed by atoms with Gasteiger partial charge in [-0.3, -0.25) is 4.79 Å². The maximum absolute atomic E-state index is 12.0. The lowest BCUT2D eigenvalue weighted by Crippen LogP contribution is -2.33. The highest BCUT2D eigenvalue weighted by molar-refractivity contribution is 6.66. The molecule has 1 aliphatic heterocycles. The first kappa shape index (κ1) is 22.2. The molecule has 2 aromatic carbocycles. The van der Waals surface area contributed by atoms with Crippen molar-refractivity contribution >= 4 is 57.8 Å². The molecule has 0 unspecified atom stereocenters. The number of halogens is 3. The second-order valence-corrected chi connectivity index (χ2v) is 10.1. The number of fused-ring (bicyclic) bond motifs is 1. The van der Waals surface area contributed by atoms with Gasteiger partial charge < -0.3 is 10.2 Å². The van der Waals surface area contributed by atoms with Crippen molar-refractivity contribution in [3.63, 3.8) is 0 Å². The van der Waals surface area contributed by atoms with Crippen LogP contribution in [-0.2, 0) is 3.79 Å². The minimum Gasteiger partial charge on any atom is -0.354 e. The molecule has 1 fully saturated rings. The van der Waals surface area contributed by atoms with Gasteiger partial charge >= 0.3 is 0 Å². The van der Waals surface area contributed by atoms with E-state index in [1.165, 1.54) is 0 Å². The summed E-state index contributed by atoms with van der Waals surface area (Å²) in [5.74, 6) is 1.14. The molecule has 0 spiro atoms. The molecule has 4 rings (SSSR count). The normalized spacial score (nSPS) is 15.9. The fraction of sp³-hybridized carbons (Fsp3) is 0.364. The second kappa shape index (κ2) is 9.25. The quantitative estimate of drug-likeness (QED) is 0.407. The summed E-state index contributed by atoms with van der Waals surface area (Å²) in [6.07, 6.45) is 3.00. The third-order valence-electron chi connectivity index (χ3n) is 5.61. The predicted molar refractivity (Wildman–Crippen MR) is 126 cm³/mol. The Bertz CT molecular complexity index is 1090. The largest absolute Gasteiger partial charge is 0.354 e. The molecule has 0 amide bonds. The Balaban J connectivity index is 1.71. The van der Waals surface area contributed by atoms with Gasteiger partial charge in [-0.15, -0.1) is 0 Å². The van der Waals surface area contributed by atoms with Crippen LogP contribution in [0, 0.1) is 5.92 Å². The molecule has 1 saturated heterocycles. The fourth-order valence-electron chi connectivity index (χ4n) is 3.82. The van der Waals surface area contributed by atoms with E-state index < -0.39 is 3.79 Å². The first-order valence-corrected chi connectivity index (χ1v) is 11.2. The third-order valence-corrected chi connectivity index (χ3v) is 6.11. The maximum atomic E-state index is 12.0. The number of likely N-dealkylation sites (tertiary alicyclic amines) is 1. The Morgan fingerprint density at radius 2 is 1.84 bits per heavy atom. The van der Waals surface area contributed by atoms with Crippen molar-refractivity contribution in [1.29, 1.82) is 0 Å². The van der Waals surface area contributed by atoms with Crippen LogP contribution in [0.3, 0.4) is 0 Å². The monoisotopic (exact) mass is 477 g/mol. The van der Waals surface area contributed by atoms with E-state index in [1.807, 2.05) is 36.4 Å². The van der Waals surface area contributed by atoms with E-state index >= 15 is 0 Å². The van der Waals surface area contributed by atoms with E-state index in [0.29, 0.717) is 23.0 Å². The highest BCUT2D eigenvalue weighted by Gasteiger charge is 2.29. The van der Waals surface area contributed by atoms with Crippen LogP contribution < -0.4 is 5.32 Å². The molecule has 0 bridgehead atoms. The smallest absolute Gasteiger partial charge is 0.250 e. The number of nitrogens with one attached hydrogen (secondary N) is 1. The molecule has 0 atom stereocenters. The van der Waals surface area contributed by atoms with Crippen molar-refractivity contribution in [3.8, 4) is 11.4 Å². The van der Waals surface area contributed by atoms with Crippen LogP contribution in [0.15, 0.2) is 36.4 Å². The van der Waals surface area contributed by atoms with Crippen molar-refractivity contribution in [2.75, 3.05) is 32.0 Å². The number of anilines is 1. The first-order chi connectivity index (χ1) is 14.8. The number of piperidine rings is 1. The zero-order chi connectivity index (χ0) is 22.0. The summed E-state index contributed by atoms with van der Waals surface area (Å²) in [6.45, 7) is 2.84. The third kappa shape index (κ3) is 5.09. The predicted octanol–water partition coefficient (Wildman–Crippen LogP) is 5.08. The van der Waals surface area contributed by atoms with Crippen LogP contribution in [0.25, 0.3) is 22.2 Å². The van der Waals surface area contributed by atoms with Gasteiger partial charge in [0.25, 0.3) is 0 Å². The van der Waals surface area contributed by atoms with Gasteiger partial charge in [0.2, 0.25) is 9.74 Å². The Morgan fingerprint density at radius 3 is 2.55 bits per heavy atom. The molecule has 0 saturated carbocycles. The number of benzene rings is 2. The average Bonchev–Trinajstić information content (AvgIpc) is 2.77. The second-order valence-electron chi connectivity index (χ2n) is 7.80. The number of aldehydes is 1. The lowest BCUT2D eigenvalue weighted by Gasteiger charge is -2.29. The lowest BCUT2D eigenvalue weighted by atomic mass is 9.97. The van der Waals surface area contributed by atoms with Gasteiger partial charge in [-0.05, 0) is 55.7 Å². The molecule has 0 radical (unpaired) electrons. The van der Waals surface area contributed by atoms with Crippen LogP contribution in [-0.4, -0.2) is 52.8 Å². The Labute approximate surface area is 195 Å². The highest BCUT2D eigenvalue weighted by Crippen LogP contribution is 2.37. The van der Waals surface area contributed by atoms with Crippen LogP contribution in [0.5, 0.6) is 0 Å². The van der Waals surface area contributed by atoms with Gasteiger partial charge in [0.15, 0.2) is 17.9 Å². The molecule has 1 aromatic heterocycles. The van der Waals surface area contributed by atoms with Crippen molar-refractivity contribution in [3.05, 3.63) is 47.8 Å². The van der Waals surface area contributed by atoms with E-state index in [-0.39, 0.29) is 11.6 Å². The molecule has 162 valence electrons. The Kier molecular flexibility index (Phi) is 6.63. The molecule has 9 heteroatoms. The van der Waals surface area contributed by atoms with Crippen molar-refractivity contribution in [2.24, 2.45) is 5.92 Å².